The fraction of sp³-hybridized carbons (Fsp3) is 0.348. The van der Waals surface area contributed by atoms with Gasteiger partial charge in [0, 0.05) is 6.04 Å². The molecule has 0 aliphatic carbocycles. The summed E-state index contributed by atoms with van der Waals surface area (Å²) < 4.78 is 143. The zero-order valence-corrected chi connectivity index (χ0v) is 22.9. The van der Waals surface area contributed by atoms with Crippen LogP contribution in [0.25, 0.3) is 6.08 Å². The van der Waals surface area contributed by atoms with Gasteiger partial charge in [-0.1, -0.05) is 53.0 Å². The molecule has 1 amide bonds. The van der Waals surface area contributed by atoms with Crippen molar-refractivity contribution >= 4 is 56.6 Å². The van der Waals surface area contributed by atoms with Crippen molar-refractivity contribution in [2.24, 2.45) is 0 Å². The number of nitrogens with one attached hydrogen (secondary N) is 1. The van der Waals surface area contributed by atoms with Crippen molar-refractivity contribution in [3.05, 3.63) is 73.7 Å². The Morgan fingerprint density at radius 2 is 1.50 bits per heavy atom. The second-order valence-corrected chi connectivity index (χ2v) is 11.8. The summed E-state index contributed by atoms with van der Waals surface area (Å²) in [5.74, 6) is -7.23. The normalized spacial score (nSPS) is 14.8. The molecule has 1 N–H and O–H groups in total. The van der Waals surface area contributed by atoms with Gasteiger partial charge in [-0.2, -0.15) is 39.5 Å². The van der Waals surface area contributed by atoms with E-state index in [4.69, 9.17) is 34.8 Å². The number of sulfone groups is 1. The van der Waals surface area contributed by atoms with E-state index in [1.54, 1.807) is 0 Å². The van der Waals surface area contributed by atoms with E-state index < -0.39 is 80.0 Å². The standard InChI is InChI=1S/C23H17Cl3F9NO3S/c1-11(9-40(38,39)10-21(27,28)29)36-20(37)14-4-2-12(6-16(14)23(33,34)35)3-5-15(22(30,31)32)13-7-17(24)19(26)18(25)8-13/h2-8,11,15H,9-10H2,1H3,(H,36,37)/b5-3+. The van der Waals surface area contributed by atoms with Gasteiger partial charge in [0.25, 0.3) is 5.91 Å². The Balaban J connectivity index is 2.39. The molecule has 0 saturated carbocycles. The molecule has 2 aromatic rings. The first kappa shape index (κ1) is 34.0. The highest BCUT2D eigenvalue weighted by Gasteiger charge is 2.40. The Bertz CT molecular complexity index is 1370. The summed E-state index contributed by atoms with van der Waals surface area (Å²) in [4.78, 5) is 12.4. The third-order valence-corrected chi connectivity index (χ3v) is 8.03. The van der Waals surface area contributed by atoms with Gasteiger partial charge in [-0.15, -0.1) is 0 Å². The molecule has 0 radical (unpaired) electrons. The summed E-state index contributed by atoms with van der Waals surface area (Å²) in [7, 11) is -4.76. The van der Waals surface area contributed by atoms with Crippen molar-refractivity contribution in [2.75, 3.05) is 11.5 Å². The van der Waals surface area contributed by atoms with Gasteiger partial charge in [-0.3, -0.25) is 4.79 Å². The Labute approximate surface area is 237 Å². The Morgan fingerprint density at radius 3 is 1.98 bits per heavy atom. The Hall–Kier alpha value is -2.16. The number of amides is 1. The van der Waals surface area contributed by atoms with E-state index in [0.29, 0.717) is 18.2 Å². The molecular weight excluding hydrogens is 648 g/mol. The highest BCUT2D eigenvalue weighted by Crippen LogP contribution is 2.41. The second kappa shape index (κ2) is 12.4. The van der Waals surface area contributed by atoms with Gasteiger partial charge in [0.1, 0.15) is 5.75 Å². The lowest BCUT2D eigenvalue weighted by atomic mass is 9.96. The lowest BCUT2D eigenvalue weighted by Crippen LogP contribution is -2.40. The predicted octanol–water partition coefficient (Wildman–Crippen LogP) is 8.12. The van der Waals surface area contributed by atoms with Gasteiger partial charge in [0.05, 0.1) is 37.9 Å². The molecular formula is C23H17Cl3F9NO3S. The third-order valence-electron chi connectivity index (χ3n) is 5.06. The molecule has 0 aliphatic rings. The van der Waals surface area contributed by atoms with Gasteiger partial charge >= 0.3 is 18.5 Å². The van der Waals surface area contributed by atoms with Gasteiger partial charge in [-0.25, -0.2) is 8.42 Å². The first-order chi connectivity index (χ1) is 18.0. The van der Waals surface area contributed by atoms with E-state index in [9.17, 15) is 52.7 Å². The fourth-order valence-corrected chi connectivity index (χ4v) is 5.58. The average Bonchev–Trinajstić information content (AvgIpc) is 2.73. The van der Waals surface area contributed by atoms with Crippen LogP contribution < -0.4 is 5.32 Å². The third kappa shape index (κ3) is 9.74. The largest absolute Gasteiger partial charge is 0.417 e. The van der Waals surface area contributed by atoms with Crippen LogP contribution in [0, 0.1) is 0 Å². The number of hydrogen-bond donors (Lipinski definition) is 1. The van der Waals surface area contributed by atoms with Crippen LogP contribution in [0.1, 0.15) is 39.9 Å². The number of carbonyl (C=O) groups is 1. The van der Waals surface area contributed by atoms with Gasteiger partial charge in [0.2, 0.25) is 0 Å². The first-order valence-electron chi connectivity index (χ1n) is 10.7. The van der Waals surface area contributed by atoms with E-state index >= 15 is 0 Å². The fourth-order valence-electron chi connectivity index (χ4n) is 3.50. The number of hydrogen-bond acceptors (Lipinski definition) is 3. The Kier molecular flexibility index (Phi) is 10.5. The summed E-state index contributed by atoms with van der Waals surface area (Å²) in [6.45, 7) is 0.975. The van der Waals surface area contributed by atoms with E-state index in [1.807, 2.05) is 5.32 Å². The lowest BCUT2D eigenvalue weighted by Gasteiger charge is -2.19. The zero-order valence-electron chi connectivity index (χ0n) is 19.8. The van der Waals surface area contributed by atoms with E-state index in [0.717, 1.165) is 31.2 Å². The smallest absolute Gasteiger partial charge is 0.349 e. The van der Waals surface area contributed by atoms with Crippen LogP contribution in [0.2, 0.25) is 15.1 Å². The van der Waals surface area contributed by atoms with Crippen molar-refractivity contribution in [1.29, 1.82) is 0 Å². The number of alkyl halides is 9. The van der Waals surface area contributed by atoms with Crippen LogP contribution in [0.5, 0.6) is 0 Å². The molecule has 222 valence electrons. The van der Waals surface area contributed by atoms with E-state index in [2.05, 4.69) is 0 Å². The molecule has 2 atom stereocenters. The summed E-state index contributed by atoms with van der Waals surface area (Å²) >= 11 is 17.3. The molecule has 0 aliphatic heterocycles. The first-order valence-corrected chi connectivity index (χ1v) is 13.6. The molecule has 0 aromatic heterocycles. The van der Waals surface area contributed by atoms with Crippen molar-refractivity contribution in [3.63, 3.8) is 0 Å². The summed E-state index contributed by atoms with van der Waals surface area (Å²) in [6, 6.07) is 2.18. The van der Waals surface area contributed by atoms with Gasteiger partial charge in [0.15, 0.2) is 9.84 Å². The quantitative estimate of drug-likeness (QED) is 0.229. The SMILES string of the molecule is CC(CS(=O)(=O)CC(F)(F)F)NC(=O)c1ccc(/C=C/C(c2cc(Cl)c(Cl)c(Cl)c2)C(F)(F)F)cc1C(F)(F)F. The van der Waals surface area contributed by atoms with Crippen LogP contribution in [-0.2, 0) is 16.0 Å². The topological polar surface area (TPSA) is 63.2 Å². The number of benzene rings is 2. The van der Waals surface area contributed by atoms with Gasteiger partial charge < -0.3 is 5.32 Å². The number of rotatable bonds is 8. The van der Waals surface area contributed by atoms with Crippen LogP contribution >= 0.6 is 34.8 Å². The summed E-state index contributed by atoms with van der Waals surface area (Å²) in [5.41, 5.74) is -3.47. The molecule has 4 nitrogen and oxygen atoms in total. The molecule has 2 rings (SSSR count). The molecule has 2 aromatic carbocycles. The molecule has 0 saturated heterocycles. The zero-order chi connectivity index (χ0) is 30.8. The molecule has 0 heterocycles. The van der Waals surface area contributed by atoms with Crippen LogP contribution in [0.3, 0.4) is 0 Å². The minimum atomic E-state index is -5.19. The molecule has 17 heteroatoms. The highest BCUT2D eigenvalue weighted by molar-refractivity contribution is 7.91. The maximum absolute atomic E-state index is 13.7. The van der Waals surface area contributed by atoms with Crippen LogP contribution in [0.4, 0.5) is 39.5 Å². The summed E-state index contributed by atoms with van der Waals surface area (Å²) in [5, 5.41) is 1.11. The number of allylic oxidation sites excluding steroid dienone is 1. The average molecular weight is 665 g/mol. The summed E-state index contributed by atoms with van der Waals surface area (Å²) in [6.07, 6.45) is -13.9. The van der Waals surface area contributed by atoms with Crippen molar-refractivity contribution in [1.82, 2.24) is 5.32 Å². The van der Waals surface area contributed by atoms with E-state index in [1.165, 1.54) is 0 Å². The van der Waals surface area contributed by atoms with Crippen molar-refractivity contribution in [3.8, 4) is 0 Å². The number of carbonyl (C=O) groups excluding carboxylic acids is 1. The molecule has 40 heavy (non-hydrogen) atoms. The molecule has 2 unspecified atom stereocenters. The minimum Gasteiger partial charge on any atom is -0.349 e. The highest BCUT2D eigenvalue weighted by atomic mass is 35.5. The maximum atomic E-state index is 13.7. The van der Waals surface area contributed by atoms with E-state index in [-0.39, 0.29) is 15.1 Å². The van der Waals surface area contributed by atoms with Crippen molar-refractivity contribution in [2.45, 2.75) is 37.4 Å². The van der Waals surface area contributed by atoms with Crippen molar-refractivity contribution < 1.29 is 52.7 Å². The van der Waals surface area contributed by atoms with Crippen LogP contribution in [0.15, 0.2) is 36.4 Å². The second-order valence-electron chi connectivity index (χ2n) is 8.52. The minimum absolute atomic E-state index is 0.201. The number of halogens is 12. The monoisotopic (exact) mass is 663 g/mol. The Morgan fingerprint density at radius 1 is 0.950 bits per heavy atom. The predicted molar refractivity (Wildman–Crippen MR) is 132 cm³/mol. The maximum Gasteiger partial charge on any atom is 0.417 e. The lowest BCUT2D eigenvalue weighted by molar-refractivity contribution is -0.139. The molecule has 0 spiro atoms. The molecule has 0 fully saturated rings. The van der Waals surface area contributed by atoms with Crippen LogP contribution in [-0.4, -0.2) is 44.2 Å². The van der Waals surface area contributed by atoms with Gasteiger partial charge in [-0.05, 0) is 42.3 Å². The molecule has 0 bridgehead atoms.